The van der Waals surface area contributed by atoms with Crippen molar-refractivity contribution < 1.29 is 14.3 Å². The zero-order valence-corrected chi connectivity index (χ0v) is 15.3. The summed E-state index contributed by atoms with van der Waals surface area (Å²) in [4.78, 5) is 27.0. The van der Waals surface area contributed by atoms with Crippen LogP contribution >= 0.6 is 11.8 Å². The Hall–Kier alpha value is -0.710. The van der Waals surface area contributed by atoms with Crippen LogP contribution in [0.25, 0.3) is 0 Å². The van der Waals surface area contributed by atoms with E-state index >= 15 is 0 Å². The Bertz CT molecular complexity index is 362. The summed E-state index contributed by atoms with van der Waals surface area (Å²) in [5.41, 5.74) is 0. The van der Waals surface area contributed by atoms with Gasteiger partial charge >= 0.3 is 5.97 Å². The highest BCUT2D eigenvalue weighted by Gasteiger charge is 2.43. The normalized spacial score (nSPS) is 22.6. The average Bonchev–Trinajstić information content (AvgIpc) is 2.97. The van der Waals surface area contributed by atoms with Gasteiger partial charge in [-0.05, 0) is 25.7 Å². The summed E-state index contributed by atoms with van der Waals surface area (Å²) in [6.45, 7) is 8.69. The van der Waals surface area contributed by atoms with E-state index in [9.17, 15) is 9.59 Å². The maximum atomic E-state index is 12.9. The third-order valence-corrected chi connectivity index (χ3v) is 5.62. The molecule has 0 aromatic rings. The van der Waals surface area contributed by atoms with Crippen LogP contribution in [0.3, 0.4) is 0 Å². The number of ether oxygens (including phenoxy) is 1. The van der Waals surface area contributed by atoms with E-state index < -0.39 is 6.04 Å². The fourth-order valence-electron chi connectivity index (χ4n) is 2.82. The second kappa shape index (κ2) is 10.1. The minimum atomic E-state index is -0.398. The van der Waals surface area contributed by atoms with Crippen LogP contribution in [0, 0.1) is 5.92 Å². The van der Waals surface area contributed by atoms with E-state index in [4.69, 9.17) is 4.74 Å². The Morgan fingerprint density at radius 3 is 2.50 bits per heavy atom. The van der Waals surface area contributed by atoms with Crippen LogP contribution in [0.1, 0.15) is 66.2 Å². The van der Waals surface area contributed by atoms with Gasteiger partial charge in [-0.15, -0.1) is 11.8 Å². The second-order valence-corrected chi connectivity index (χ2v) is 7.08. The zero-order chi connectivity index (χ0) is 16.5. The number of amides is 1. The molecule has 0 radical (unpaired) electrons. The van der Waals surface area contributed by atoms with Crippen LogP contribution in [0.5, 0.6) is 0 Å². The highest BCUT2D eigenvalue weighted by Crippen LogP contribution is 2.34. The Kier molecular flexibility index (Phi) is 8.91. The van der Waals surface area contributed by atoms with Gasteiger partial charge < -0.3 is 9.64 Å². The first kappa shape index (κ1) is 19.3. The maximum Gasteiger partial charge on any atom is 0.329 e. The Labute approximate surface area is 139 Å². The molecule has 0 N–H and O–H groups in total. The summed E-state index contributed by atoms with van der Waals surface area (Å²) >= 11 is 1.70. The molecule has 0 bridgehead atoms. The maximum absolute atomic E-state index is 12.9. The molecule has 0 aromatic carbocycles. The lowest BCUT2D eigenvalue weighted by Crippen LogP contribution is -2.48. The number of hydrogen-bond donors (Lipinski definition) is 0. The van der Waals surface area contributed by atoms with Crippen LogP contribution in [-0.4, -0.2) is 40.6 Å². The molecule has 1 aliphatic rings. The fraction of sp³-hybridized carbons (Fsp3) is 0.882. The topological polar surface area (TPSA) is 46.6 Å². The first-order valence-electron chi connectivity index (χ1n) is 8.70. The molecular weight excluding hydrogens is 298 g/mol. The van der Waals surface area contributed by atoms with Gasteiger partial charge in [-0.3, -0.25) is 4.79 Å². The smallest absolute Gasteiger partial charge is 0.329 e. The first-order valence-corrected chi connectivity index (χ1v) is 9.75. The largest absolute Gasteiger partial charge is 0.464 e. The predicted molar refractivity (Wildman–Crippen MR) is 91.7 cm³/mol. The van der Waals surface area contributed by atoms with Gasteiger partial charge in [0.2, 0.25) is 5.91 Å². The van der Waals surface area contributed by atoms with E-state index in [0.717, 1.165) is 38.5 Å². The van der Waals surface area contributed by atoms with Crippen molar-refractivity contribution in [3.8, 4) is 0 Å². The van der Waals surface area contributed by atoms with Crippen molar-refractivity contribution in [1.82, 2.24) is 4.90 Å². The van der Waals surface area contributed by atoms with Crippen molar-refractivity contribution in [2.45, 2.75) is 77.6 Å². The minimum absolute atomic E-state index is 0.0363. The zero-order valence-electron chi connectivity index (χ0n) is 14.5. The van der Waals surface area contributed by atoms with E-state index in [1.807, 2.05) is 11.8 Å². The molecule has 0 aromatic heterocycles. The third-order valence-electron chi connectivity index (χ3n) is 4.16. The number of carbonyl (C=O) groups excluding carboxylic acids is 2. The number of nitrogens with zero attached hydrogens (tertiary/aromatic N) is 1. The van der Waals surface area contributed by atoms with Gasteiger partial charge in [-0.1, -0.05) is 40.5 Å². The van der Waals surface area contributed by atoms with E-state index in [1.165, 1.54) is 0 Å². The third kappa shape index (κ3) is 4.90. The fourth-order valence-corrected chi connectivity index (χ4v) is 4.17. The van der Waals surface area contributed by atoms with Gasteiger partial charge in [0.15, 0.2) is 0 Å². The van der Waals surface area contributed by atoms with Crippen molar-refractivity contribution in [1.29, 1.82) is 0 Å². The molecule has 1 heterocycles. The van der Waals surface area contributed by atoms with Crippen molar-refractivity contribution in [2.75, 3.05) is 12.4 Å². The molecule has 1 aliphatic heterocycles. The summed E-state index contributed by atoms with van der Waals surface area (Å²) < 4.78 is 5.30. The molecule has 4 nitrogen and oxygen atoms in total. The predicted octanol–water partition coefficient (Wildman–Crippen LogP) is 3.84. The van der Waals surface area contributed by atoms with E-state index in [0.29, 0.717) is 12.4 Å². The number of esters is 1. The second-order valence-electron chi connectivity index (χ2n) is 5.87. The van der Waals surface area contributed by atoms with Gasteiger partial charge in [0.05, 0.1) is 12.0 Å². The molecule has 1 saturated heterocycles. The van der Waals surface area contributed by atoms with E-state index in [1.54, 1.807) is 11.8 Å². The lowest BCUT2D eigenvalue weighted by molar-refractivity contribution is -0.155. The van der Waals surface area contributed by atoms with Crippen LogP contribution in [0.4, 0.5) is 0 Å². The molecule has 0 aliphatic carbocycles. The summed E-state index contributed by atoms with van der Waals surface area (Å²) in [6.07, 6.45) is 5.60. The van der Waals surface area contributed by atoms with Crippen molar-refractivity contribution >= 4 is 23.6 Å². The van der Waals surface area contributed by atoms with E-state index in [-0.39, 0.29) is 23.2 Å². The first-order chi connectivity index (χ1) is 10.6. The number of carbonyl (C=O) groups is 2. The standard InChI is InChI=1S/C17H31NO3S/c1-5-9-10-13(7-3)16(19)18-14(12-22-15(18)8-4)17(20)21-11-6-2/h13-15H,5-12H2,1-4H3. The van der Waals surface area contributed by atoms with Gasteiger partial charge in [0, 0.05) is 11.7 Å². The molecule has 1 fully saturated rings. The molecule has 1 rings (SSSR count). The Morgan fingerprint density at radius 1 is 1.23 bits per heavy atom. The van der Waals surface area contributed by atoms with Crippen LogP contribution in [0.15, 0.2) is 0 Å². The van der Waals surface area contributed by atoms with Crippen molar-refractivity contribution in [3.05, 3.63) is 0 Å². The Balaban J connectivity index is 2.82. The molecular formula is C17H31NO3S. The summed E-state index contributed by atoms with van der Waals surface area (Å²) in [5, 5.41) is 0.113. The molecule has 1 amide bonds. The van der Waals surface area contributed by atoms with Gasteiger partial charge in [0.25, 0.3) is 0 Å². The molecule has 128 valence electrons. The molecule has 5 heteroatoms. The number of thioether (sulfide) groups is 1. The lowest BCUT2D eigenvalue weighted by atomic mass is 9.97. The highest BCUT2D eigenvalue weighted by molar-refractivity contribution is 8.00. The van der Waals surface area contributed by atoms with Crippen molar-refractivity contribution in [2.24, 2.45) is 5.92 Å². The molecule has 0 saturated carbocycles. The summed E-state index contributed by atoms with van der Waals surface area (Å²) in [6, 6.07) is -0.398. The average molecular weight is 330 g/mol. The van der Waals surface area contributed by atoms with Gasteiger partial charge in [0.1, 0.15) is 6.04 Å². The van der Waals surface area contributed by atoms with Gasteiger partial charge in [-0.25, -0.2) is 4.79 Å². The highest BCUT2D eigenvalue weighted by atomic mass is 32.2. The van der Waals surface area contributed by atoms with Crippen molar-refractivity contribution in [3.63, 3.8) is 0 Å². The lowest BCUT2D eigenvalue weighted by Gasteiger charge is -2.31. The van der Waals surface area contributed by atoms with Gasteiger partial charge in [-0.2, -0.15) is 0 Å². The number of hydrogen-bond acceptors (Lipinski definition) is 4. The van der Waals surface area contributed by atoms with E-state index in [2.05, 4.69) is 20.8 Å². The summed E-state index contributed by atoms with van der Waals surface area (Å²) in [7, 11) is 0. The Morgan fingerprint density at radius 2 is 1.95 bits per heavy atom. The van der Waals surface area contributed by atoms with Crippen LogP contribution < -0.4 is 0 Å². The molecule has 22 heavy (non-hydrogen) atoms. The molecule has 0 spiro atoms. The van der Waals surface area contributed by atoms with Crippen LogP contribution in [-0.2, 0) is 14.3 Å². The number of rotatable bonds is 9. The minimum Gasteiger partial charge on any atom is -0.464 e. The number of unbranched alkanes of at least 4 members (excludes halogenated alkanes) is 1. The SMILES string of the molecule is CCCCC(CC)C(=O)N1C(CC)SCC1C(=O)OCCC. The molecule has 3 atom stereocenters. The quantitative estimate of drug-likeness (QED) is 0.603. The monoisotopic (exact) mass is 329 g/mol. The van der Waals surface area contributed by atoms with Crippen LogP contribution in [0.2, 0.25) is 0 Å². The summed E-state index contributed by atoms with van der Waals surface area (Å²) in [5.74, 6) is 0.612. The molecule has 3 unspecified atom stereocenters.